The molecule has 1 aromatic carbocycles. The number of carbonyl (C=O) groups excluding carboxylic acids is 1. The fourth-order valence-corrected chi connectivity index (χ4v) is 3.53. The topological polar surface area (TPSA) is 49.6 Å². The van der Waals surface area contributed by atoms with E-state index in [1.54, 1.807) is 0 Å². The van der Waals surface area contributed by atoms with Crippen LogP contribution in [0.5, 0.6) is 0 Å². The quantitative estimate of drug-likeness (QED) is 0.717. The van der Waals surface area contributed by atoms with Gasteiger partial charge in [-0.2, -0.15) is 0 Å². The van der Waals surface area contributed by atoms with Crippen molar-refractivity contribution < 1.29 is 9.32 Å². The van der Waals surface area contributed by atoms with Crippen LogP contribution >= 0.6 is 0 Å². The van der Waals surface area contributed by atoms with Crippen LogP contribution in [0.2, 0.25) is 0 Å². The molecule has 138 valence electrons. The molecule has 26 heavy (non-hydrogen) atoms. The summed E-state index contributed by atoms with van der Waals surface area (Å²) in [4.78, 5) is 17.1. The summed E-state index contributed by atoms with van der Waals surface area (Å²) in [5.41, 5.74) is 2.95. The Labute approximate surface area is 155 Å². The number of benzene rings is 1. The summed E-state index contributed by atoms with van der Waals surface area (Å²) in [6.45, 7) is 6.54. The van der Waals surface area contributed by atoms with Gasteiger partial charge in [0, 0.05) is 30.6 Å². The molecule has 4 rings (SSSR count). The fraction of sp³-hybridized carbons (Fsp3) is 0.524. The SMILES string of the molecule is CCN(CC)c1onc(-c2ccccc2)c1CN(C(=O)C1CC1)C1CC1. The third-order valence-electron chi connectivity index (χ3n) is 5.39. The van der Waals surface area contributed by atoms with E-state index in [2.05, 4.69) is 40.9 Å². The van der Waals surface area contributed by atoms with Crippen molar-refractivity contribution in [2.75, 3.05) is 18.0 Å². The molecule has 2 aromatic rings. The Morgan fingerprint density at radius 1 is 1.12 bits per heavy atom. The van der Waals surface area contributed by atoms with E-state index in [0.29, 0.717) is 18.5 Å². The lowest BCUT2D eigenvalue weighted by atomic mass is 10.1. The molecule has 0 saturated heterocycles. The average Bonchev–Trinajstić information content (AvgIpc) is 3.59. The third-order valence-corrected chi connectivity index (χ3v) is 5.39. The summed E-state index contributed by atoms with van der Waals surface area (Å²) in [7, 11) is 0. The minimum atomic E-state index is 0.243. The van der Waals surface area contributed by atoms with Crippen LogP contribution in [0, 0.1) is 5.92 Å². The Hall–Kier alpha value is -2.30. The van der Waals surface area contributed by atoms with Crippen molar-refractivity contribution in [3.05, 3.63) is 35.9 Å². The molecule has 5 heteroatoms. The van der Waals surface area contributed by atoms with Crippen molar-refractivity contribution in [3.8, 4) is 11.3 Å². The van der Waals surface area contributed by atoms with E-state index >= 15 is 0 Å². The van der Waals surface area contributed by atoms with Crippen molar-refractivity contribution in [2.45, 2.75) is 52.1 Å². The van der Waals surface area contributed by atoms with Gasteiger partial charge in [0.1, 0.15) is 5.69 Å². The second-order valence-electron chi connectivity index (χ2n) is 7.32. The maximum absolute atomic E-state index is 12.8. The first-order valence-electron chi connectivity index (χ1n) is 9.82. The zero-order valence-electron chi connectivity index (χ0n) is 15.6. The molecule has 0 spiro atoms. The summed E-state index contributed by atoms with van der Waals surface area (Å²) in [5.74, 6) is 1.37. The lowest BCUT2D eigenvalue weighted by molar-refractivity contribution is -0.133. The van der Waals surface area contributed by atoms with Crippen LogP contribution in [-0.2, 0) is 11.3 Å². The Balaban J connectivity index is 1.71. The van der Waals surface area contributed by atoms with Gasteiger partial charge in [-0.1, -0.05) is 35.5 Å². The van der Waals surface area contributed by atoms with Gasteiger partial charge in [0.05, 0.1) is 12.1 Å². The van der Waals surface area contributed by atoms with Gasteiger partial charge < -0.3 is 14.3 Å². The molecule has 0 atom stereocenters. The minimum absolute atomic E-state index is 0.243. The van der Waals surface area contributed by atoms with Crippen LogP contribution in [0.15, 0.2) is 34.9 Å². The number of hydrogen-bond acceptors (Lipinski definition) is 4. The predicted octanol–water partition coefficient (Wildman–Crippen LogP) is 4.09. The largest absolute Gasteiger partial charge is 0.341 e. The van der Waals surface area contributed by atoms with Crippen molar-refractivity contribution in [1.29, 1.82) is 0 Å². The van der Waals surface area contributed by atoms with Crippen LogP contribution in [0.3, 0.4) is 0 Å². The van der Waals surface area contributed by atoms with Crippen LogP contribution in [0.4, 0.5) is 5.88 Å². The highest BCUT2D eigenvalue weighted by Crippen LogP contribution is 2.39. The lowest BCUT2D eigenvalue weighted by Gasteiger charge is -2.25. The third kappa shape index (κ3) is 3.35. The Morgan fingerprint density at radius 2 is 1.81 bits per heavy atom. The highest BCUT2D eigenvalue weighted by Gasteiger charge is 2.41. The van der Waals surface area contributed by atoms with Crippen LogP contribution in [0.25, 0.3) is 11.3 Å². The van der Waals surface area contributed by atoms with E-state index < -0.39 is 0 Å². The zero-order chi connectivity index (χ0) is 18.1. The van der Waals surface area contributed by atoms with Crippen molar-refractivity contribution in [2.24, 2.45) is 5.92 Å². The van der Waals surface area contributed by atoms with E-state index in [1.165, 1.54) is 0 Å². The summed E-state index contributed by atoms with van der Waals surface area (Å²) in [6.07, 6.45) is 4.32. The van der Waals surface area contributed by atoms with Gasteiger partial charge in [0.15, 0.2) is 0 Å². The predicted molar refractivity (Wildman–Crippen MR) is 102 cm³/mol. The fourth-order valence-electron chi connectivity index (χ4n) is 3.53. The highest BCUT2D eigenvalue weighted by atomic mass is 16.5. The maximum atomic E-state index is 12.8. The smallest absolute Gasteiger partial charge is 0.232 e. The van der Waals surface area contributed by atoms with Crippen molar-refractivity contribution in [3.63, 3.8) is 0 Å². The monoisotopic (exact) mass is 353 g/mol. The van der Waals surface area contributed by atoms with Crippen LogP contribution < -0.4 is 4.90 Å². The number of aromatic nitrogens is 1. The molecule has 1 aromatic heterocycles. The molecular formula is C21H27N3O2. The lowest BCUT2D eigenvalue weighted by Crippen LogP contribution is -2.34. The van der Waals surface area contributed by atoms with Gasteiger partial charge >= 0.3 is 0 Å². The first-order valence-corrected chi connectivity index (χ1v) is 9.82. The molecule has 0 bridgehead atoms. The van der Waals surface area contributed by atoms with Gasteiger partial charge in [-0.05, 0) is 39.5 Å². The highest BCUT2D eigenvalue weighted by molar-refractivity contribution is 5.82. The Bertz CT molecular complexity index is 759. The summed E-state index contributed by atoms with van der Waals surface area (Å²) in [5, 5.41) is 4.40. The molecule has 0 N–H and O–H groups in total. The molecule has 0 aliphatic heterocycles. The molecule has 1 heterocycles. The van der Waals surface area contributed by atoms with Gasteiger partial charge in [-0.3, -0.25) is 4.79 Å². The molecule has 0 unspecified atom stereocenters. The molecule has 2 saturated carbocycles. The molecule has 2 aliphatic rings. The summed E-state index contributed by atoms with van der Waals surface area (Å²) < 4.78 is 5.79. The van der Waals surface area contributed by atoms with Gasteiger partial charge in [0.2, 0.25) is 11.8 Å². The number of rotatable bonds is 8. The van der Waals surface area contributed by atoms with E-state index in [4.69, 9.17) is 4.52 Å². The Morgan fingerprint density at radius 3 is 2.38 bits per heavy atom. The average molecular weight is 353 g/mol. The van der Waals surface area contributed by atoms with Crippen molar-refractivity contribution >= 4 is 11.8 Å². The van der Waals surface area contributed by atoms with E-state index in [1.807, 2.05) is 18.2 Å². The van der Waals surface area contributed by atoms with Gasteiger partial charge in [0.25, 0.3) is 0 Å². The second-order valence-corrected chi connectivity index (χ2v) is 7.32. The number of nitrogens with zero attached hydrogens (tertiary/aromatic N) is 3. The molecule has 2 aliphatic carbocycles. The van der Waals surface area contributed by atoms with E-state index in [-0.39, 0.29) is 5.92 Å². The van der Waals surface area contributed by atoms with Crippen molar-refractivity contribution in [1.82, 2.24) is 10.1 Å². The first-order chi connectivity index (χ1) is 12.7. The molecule has 1 amide bonds. The number of hydrogen-bond donors (Lipinski definition) is 0. The summed E-state index contributed by atoms with van der Waals surface area (Å²) >= 11 is 0. The summed E-state index contributed by atoms with van der Waals surface area (Å²) in [6, 6.07) is 10.5. The molecule has 0 radical (unpaired) electrons. The first kappa shape index (κ1) is 17.1. The molecular weight excluding hydrogens is 326 g/mol. The number of amides is 1. The second kappa shape index (κ2) is 7.14. The van der Waals surface area contributed by atoms with Gasteiger partial charge in [-0.15, -0.1) is 0 Å². The standard InChI is InChI=1S/C21H27N3O2/c1-3-23(4-2)21-18(19(22-26-21)15-8-6-5-7-9-15)14-24(17-12-13-17)20(25)16-10-11-16/h5-9,16-17H,3-4,10-14H2,1-2H3. The zero-order valence-corrected chi connectivity index (χ0v) is 15.6. The van der Waals surface area contributed by atoms with Crippen LogP contribution in [-0.4, -0.2) is 35.1 Å². The molecule has 5 nitrogen and oxygen atoms in total. The minimum Gasteiger partial charge on any atom is -0.341 e. The number of anilines is 1. The molecule has 2 fully saturated rings. The number of carbonyl (C=O) groups is 1. The Kier molecular flexibility index (Phi) is 4.70. The van der Waals surface area contributed by atoms with E-state index in [9.17, 15) is 4.79 Å². The van der Waals surface area contributed by atoms with E-state index in [0.717, 1.165) is 61.5 Å². The maximum Gasteiger partial charge on any atom is 0.232 e. The van der Waals surface area contributed by atoms with Gasteiger partial charge in [-0.25, -0.2) is 0 Å². The van der Waals surface area contributed by atoms with Crippen LogP contribution in [0.1, 0.15) is 45.1 Å². The normalized spacial score (nSPS) is 16.5.